The molecule has 0 aromatic rings. The Balaban J connectivity index is 2.35. The Hall–Kier alpha value is -0.620. The number of hydrogen-bond acceptors (Lipinski definition) is 4. The SMILES string of the molecule is CCC(CCO)CNC(=O)C1CCS(=O)(=O)C1. The van der Waals surface area contributed by atoms with Gasteiger partial charge in [-0.15, -0.1) is 0 Å². The molecule has 0 aromatic carbocycles. The van der Waals surface area contributed by atoms with Gasteiger partial charge < -0.3 is 10.4 Å². The van der Waals surface area contributed by atoms with Gasteiger partial charge in [0.05, 0.1) is 17.4 Å². The van der Waals surface area contributed by atoms with Crippen LogP contribution in [0.2, 0.25) is 0 Å². The highest BCUT2D eigenvalue weighted by molar-refractivity contribution is 7.91. The number of carbonyl (C=O) groups is 1. The molecule has 0 aliphatic carbocycles. The molecule has 1 fully saturated rings. The lowest BCUT2D eigenvalue weighted by Crippen LogP contribution is -2.35. The molecular weight excluding hydrogens is 242 g/mol. The molecule has 1 aliphatic rings. The Morgan fingerprint density at radius 3 is 2.71 bits per heavy atom. The van der Waals surface area contributed by atoms with Crippen LogP contribution in [0.1, 0.15) is 26.2 Å². The lowest BCUT2D eigenvalue weighted by molar-refractivity contribution is -0.124. The zero-order valence-corrected chi connectivity index (χ0v) is 11.0. The quantitative estimate of drug-likeness (QED) is 0.703. The first-order valence-electron chi connectivity index (χ1n) is 6.07. The van der Waals surface area contributed by atoms with Crippen LogP contribution in [0.4, 0.5) is 0 Å². The Kier molecular flexibility index (Phi) is 5.39. The van der Waals surface area contributed by atoms with Gasteiger partial charge in [-0.05, 0) is 18.8 Å². The van der Waals surface area contributed by atoms with Crippen LogP contribution in [-0.2, 0) is 14.6 Å². The summed E-state index contributed by atoms with van der Waals surface area (Å²) < 4.78 is 22.5. The summed E-state index contributed by atoms with van der Waals surface area (Å²) >= 11 is 0. The van der Waals surface area contributed by atoms with E-state index in [1.165, 1.54) is 0 Å². The Bertz CT molecular complexity index is 352. The van der Waals surface area contributed by atoms with E-state index in [9.17, 15) is 13.2 Å². The summed E-state index contributed by atoms with van der Waals surface area (Å²) in [5, 5.41) is 11.6. The van der Waals surface area contributed by atoms with Crippen molar-refractivity contribution in [3.63, 3.8) is 0 Å². The van der Waals surface area contributed by atoms with Gasteiger partial charge in [0.15, 0.2) is 9.84 Å². The summed E-state index contributed by atoms with van der Waals surface area (Å²) in [6.45, 7) is 2.64. The molecule has 1 heterocycles. The third-order valence-electron chi connectivity index (χ3n) is 3.28. The van der Waals surface area contributed by atoms with Gasteiger partial charge in [-0.2, -0.15) is 0 Å². The smallest absolute Gasteiger partial charge is 0.224 e. The second kappa shape index (κ2) is 6.35. The van der Waals surface area contributed by atoms with Crippen molar-refractivity contribution in [2.45, 2.75) is 26.2 Å². The second-order valence-electron chi connectivity index (χ2n) is 4.63. The number of hydrogen-bond donors (Lipinski definition) is 2. The lowest BCUT2D eigenvalue weighted by atomic mass is 10.0. The molecule has 6 heteroatoms. The van der Waals surface area contributed by atoms with Gasteiger partial charge in [0.1, 0.15) is 0 Å². The number of sulfone groups is 1. The van der Waals surface area contributed by atoms with E-state index >= 15 is 0 Å². The van der Waals surface area contributed by atoms with E-state index in [0.29, 0.717) is 19.4 Å². The molecule has 1 amide bonds. The number of amides is 1. The van der Waals surface area contributed by atoms with E-state index in [-0.39, 0.29) is 35.9 Å². The Morgan fingerprint density at radius 1 is 1.53 bits per heavy atom. The molecule has 0 radical (unpaired) electrons. The number of aliphatic hydroxyl groups is 1. The molecular formula is C11H21NO4S. The van der Waals surface area contributed by atoms with Crippen molar-refractivity contribution in [1.82, 2.24) is 5.32 Å². The minimum absolute atomic E-state index is 0.0182. The van der Waals surface area contributed by atoms with Crippen molar-refractivity contribution in [1.29, 1.82) is 0 Å². The van der Waals surface area contributed by atoms with Gasteiger partial charge in [-0.1, -0.05) is 13.3 Å². The average Bonchev–Trinajstić information content (AvgIpc) is 2.64. The van der Waals surface area contributed by atoms with E-state index in [4.69, 9.17) is 5.11 Å². The van der Waals surface area contributed by atoms with Gasteiger partial charge in [0, 0.05) is 13.2 Å². The van der Waals surface area contributed by atoms with Crippen LogP contribution >= 0.6 is 0 Å². The van der Waals surface area contributed by atoms with Crippen LogP contribution in [0, 0.1) is 11.8 Å². The van der Waals surface area contributed by atoms with Crippen LogP contribution in [0.3, 0.4) is 0 Å². The third kappa shape index (κ3) is 4.63. The van der Waals surface area contributed by atoms with Crippen molar-refractivity contribution in [3.05, 3.63) is 0 Å². The summed E-state index contributed by atoms with van der Waals surface area (Å²) in [4.78, 5) is 11.7. The fraction of sp³-hybridized carbons (Fsp3) is 0.909. The predicted molar refractivity (Wildman–Crippen MR) is 65.3 cm³/mol. The third-order valence-corrected chi connectivity index (χ3v) is 5.05. The van der Waals surface area contributed by atoms with Crippen molar-refractivity contribution in [3.8, 4) is 0 Å². The van der Waals surface area contributed by atoms with Gasteiger partial charge in [-0.25, -0.2) is 8.42 Å². The van der Waals surface area contributed by atoms with Crippen molar-refractivity contribution >= 4 is 15.7 Å². The summed E-state index contributed by atoms with van der Waals surface area (Å²) in [7, 11) is -3.00. The van der Waals surface area contributed by atoms with Crippen LogP contribution in [-0.4, -0.2) is 44.1 Å². The molecule has 0 spiro atoms. The maximum Gasteiger partial charge on any atom is 0.224 e. The first-order chi connectivity index (χ1) is 7.98. The number of nitrogens with one attached hydrogen (secondary N) is 1. The lowest BCUT2D eigenvalue weighted by Gasteiger charge is -2.16. The van der Waals surface area contributed by atoms with Crippen LogP contribution in [0.5, 0.6) is 0 Å². The van der Waals surface area contributed by atoms with E-state index in [0.717, 1.165) is 6.42 Å². The molecule has 1 rings (SSSR count). The van der Waals surface area contributed by atoms with E-state index in [2.05, 4.69) is 5.32 Å². The molecule has 5 nitrogen and oxygen atoms in total. The maximum atomic E-state index is 11.7. The van der Waals surface area contributed by atoms with E-state index in [1.54, 1.807) is 0 Å². The Morgan fingerprint density at radius 2 is 2.24 bits per heavy atom. The minimum Gasteiger partial charge on any atom is -0.396 e. The van der Waals surface area contributed by atoms with Gasteiger partial charge in [-0.3, -0.25) is 4.79 Å². The number of aliphatic hydroxyl groups excluding tert-OH is 1. The first-order valence-corrected chi connectivity index (χ1v) is 7.89. The van der Waals surface area contributed by atoms with Gasteiger partial charge in [0.25, 0.3) is 0 Å². The molecule has 17 heavy (non-hydrogen) atoms. The standard InChI is InChI=1S/C11H21NO4S/c1-2-9(3-5-13)7-12-11(14)10-4-6-17(15,16)8-10/h9-10,13H,2-8H2,1H3,(H,12,14). The normalized spacial score (nSPS) is 24.5. The van der Waals surface area contributed by atoms with E-state index < -0.39 is 9.84 Å². The van der Waals surface area contributed by atoms with Crippen molar-refractivity contribution in [2.75, 3.05) is 24.7 Å². The second-order valence-corrected chi connectivity index (χ2v) is 6.86. The predicted octanol–water partition coefficient (Wildman–Crippen LogP) is -0.0541. The summed E-state index contributed by atoms with van der Waals surface area (Å²) in [6, 6.07) is 0. The van der Waals surface area contributed by atoms with Gasteiger partial charge in [0.2, 0.25) is 5.91 Å². The van der Waals surface area contributed by atoms with Crippen LogP contribution < -0.4 is 5.32 Å². The summed E-state index contributed by atoms with van der Waals surface area (Å²) in [5.41, 5.74) is 0. The molecule has 2 N–H and O–H groups in total. The number of carbonyl (C=O) groups excluding carboxylic acids is 1. The molecule has 100 valence electrons. The first kappa shape index (κ1) is 14.4. The highest BCUT2D eigenvalue weighted by Crippen LogP contribution is 2.18. The Labute approximate surface area is 103 Å². The monoisotopic (exact) mass is 263 g/mol. The van der Waals surface area contributed by atoms with E-state index in [1.807, 2.05) is 6.92 Å². The largest absolute Gasteiger partial charge is 0.396 e. The molecule has 1 saturated heterocycles. The average molecular weight is 263 g/mol. The molecule has 2 atom stereocenters. The highest BCUT2D eigenvalue weighted by Gasteiger charge is 2.32. The van der Waals surface area contributed by atoms with Crippen molar-refractivity contribution < 1.29 is 18.3 Å². The highest BCUT2D eigenvalue weighted by atomic mass is 32.2. The molecule has 0 aromatic heterocycles. The minimum atomic E-state index is -3.00. The van der Waals surface area contributed by atoms with Crippen LogP contribution in [0.15, 0.2) is 0 Å². The molecule has 0 bridgehead atoms. The zero-order chi connectivity index (χ0) is 12.9. The zero-order valence-electron chi connectivity index (χ0n) is 10.2. The topological polar surface area (TPSA) is 83.5 Å². The molecule has 2 unspecified atom stereocenters. The number of rotatable bonds is 6. The van der Waals surface area contributed by atoms with Gasteiger partial charge >= 0.3 is 0 Å². The summed E-state index contributed by atoms with van der Waals surface area (Å²) in [6.07, 6.45) is 1.99. The molecule has 1 aliphatic heterocycles. The fourth-order valence-electron chi connectivity index (χ4n) is 2.02. The summed E-state index contributed by atoms with van der Waals surface area (Å²) in [5.74, 6) is -0.176. The fourth-order valence-corrected chi connectivity index (χ4v) is 3.77. The molecule has 0 saturated carbocycles. The maximum absolute atomic E-state index is 11.7. The van der Waals surface area contributed by atoms with Crippen molar-refractivity contribution in [2.24, 2.45) is 11.8 Å². The van der Waals surface area contributed by atoms with Crippen LogP contribution in [0.25, 0.3) is 0 Å².